The van der Waals surface area contributed by atoms with Crippen LogP contribution in [0.4, 0.5) is 0 Å². The van der Waals surface area contributed by atoms with Crippen LogP contribution in [0.5, 0.6) is 5.75 Å². The highest BCUT2D eigenvalue weighted by molar-refractivity contribution is 9.09. The molecule has 0 saturated carbocycles. The van der Waals surface area contributed by atoms with Crippen LogP contribution in [0, 0.1) is 6.92 Å². The van der Waals surface area contributed by atoms with E-state index >= 15 is 0 Å². The first-order chi connectivity index (χ1) is 8.15. The summed E-state index contributed by atoms with van der Waals surface area (Å²) in [4.78, 5) is 13.0. The van der Waals surface area contributed by atoms with E-state index in [1.165, 1.54) is 0 Å². The number of hydrogen-bond acceptors (Lipinski definition) is 2. The normalized spacial score (nSPS) is 10.1. The van der Waals surface area contributed by atoms with Crippen LogP contribution in [0.25, 0.3) is 0 Å². The van der Waals surface area contributed by atoms with Gasteiger partial charge in [-0.15, -0.1) is 0 Å². The van der Waals surface area contributed by atoms with Crippen molar-refractivity contribution in [3.8, 4) is 5.75 Å². The van der Waals surface area contributed by atoms with Crippen LogP contribution in [0.3, 0.4) is 0 Å². The molecule has 0 radical (unpaired) electrons. The Labute approximate surface area is 111 Å². The van der Waals surface area contributed by atoms with Crippen LogP contribution in [-0.2, 0) is 4.79 Å². The molecule has 1 rings (SSSR count). The molecule has 0 unspecified atom stereocenters. The number of hydrogen-bond donors (Lipinski definition) is 0. The smallest absolute Gasteiger partial charge is 0.232 e. The fourth-order valence-corrected chi connectivity index (χ4v) is 1.86. The Kier molecular flexibility index (Phi) is 6.05. The molecule has 0 aliphatic carbocycles. The highest BCUT2D eigenvalue weighted by atomic mass is 79.9. The van der Waals surface area contributed by atoms with Crippen molar-refractivity contribution >= 4 is 21.8 Å². The highest BCUT2D eigenvalue weighted by Crippen LogP contribution is 2.16. The monoisotopic (exact) mass is 299 g/mol. The number of aryl methyl sites for hydroxylation is 1. The number of amides is 1. The molecule has 0 aromatic heterocycles. The van der Waals surface area contributed by atoms with Gasteiger partial charge in [0.1, 0.15) is 5.75 Å². The van der Waals surface area contributed by atoms with Gasteiger partial charge in [-0.2, -0.15) is 0 Å². The second-order valence-electron chi connectivity index (χ2n) is 3.92. The molecule has 0 heterocycles. The lowest BCUT2D eigenvalue weighted by atomic mass is 10.2. The molecule has 3 nitrogen and oxygen atoms in total. The lowest BCUT2D eigenvalue weighted by Crippen LogP contribution is -2.29. The summed E-state index contributed by atoms with van der Waals surface area (Å²) in [5.74, 6) is 1.02. The molecule has 1 aromatic rings. The van der Waals surface area contributed by atoms with E-state index in [9.17, 15) is 4.79 Å². The third-order valence-electron chi connectivity index (χ3n) is 2.53. The maximum Gasteiger partial charge on any atom is 0.232 e. The number of para-hydroxylation sites is 1. The fourth-order valence-electron chi connectivity index (χ4n) is 1.43. The second-order valence-corrected chi connectivity index (χ2v) is 4.48. The quantitative estimate of drug-likeness (QED) is 0.597. The number of halogens is 1. The fraction of sp³-hybridized carbons (Fsp3) is 0.462. The minimum Gasteiger partial charge on any atom is -0.493 e. The molecule has 0 bridgehead atoms. The molecule has 17 heavy (non-hydrogen) atoms. The van der Waals surface area contributed by atoms with Gasteiger partial charge in [0.25, 0.3) is 0 Å². The molecule has 0 N–H and O–H groups in total. The molecule has 1 aromatic carbocycles. The first kappa shape index (κ1) is 14.0. The zero-order valence-electron chi connectivity index (χ0n) is 10.3. The van der Waals surface area contributed by atoms with Crippen LogP contribution in [0.15, 0.2) is 24.3 Å². The second kappa shape index (κ2) is 7.33. The SMILES string of the molecule is Cc1ccccc1OCCCN(C)C(=O)CBr. The van der Waals surface area contributed by atoms with Crippen molar-refractivity contribution in [2.75, 3.05) is 25.5 Å². The summed E-state index contributed by atoms with van der Waals surface area (Å²) in [6.07, 6.45) is 0.837. The number of nitrogens with zero attached hydrogens (tertiary/aromatic N) is 1. The van der Waals surface area contributed by atoms with E-state index in [-0.39, 0.29) is 5.91 Å². The molecule has 94 valence electrons. The van der Waals surface area contributed by atoms with Gasteiger partial charge < -0.3 is 9.64 Å². The first-order valence-corrected chi connectivity index (χ1v) is 6.75. The predicted octanol–water partition coefficient (Wildman–Crippen LogP) is 2.62. The van der Waals surface area contributed by atoms with Gasteiger partial charge in [-0.1, -0.05) is 34.1 Å². The summed E-state index contributed by atoms with van der Waals surface area (Å²) in [5, 5.41) is 0.377. The summed E-state index contributed by atoms with van der Waals surface area (Å²) >= 11 is 3.15. The summed E-state index contributed by atoms with van der Waals surface area (Å²) < 4.78 is 5.65. The van der Waals surface area contributed by atoms with Gasteiger partial charge in [0, 0.05) is 13.6 Å². The average Bonchev–Trinajstić information content (AvgIpc) is 2.35. The lowest BCUT2D eigenvalue weighted by Gasteiger charge is -2.16. The highest BCUT2D eigenvalue weighted by Gasteiger charge is 2.05. The van der Waals surface area contributed by atoms with Gasteiger partial charge in [0.2, 0.25) is 5.91 Å². The molecule has 0 aliphatic heterocycles. The third kappa shape index (κ3) is 4.77. The van der Waals surface area contributed by atoms with E-state index in [0.717, 1.165) is 24.3 Å². The van der Waals surface area contributed by atoms with Crippen molar-refractivity contribution in [2.45, 2.75) is 13.3 Å². The molecular formula is C13H18BrNO2. The van der Waals surface area contributed by atoms with Crippen LogP contribution in [-0.4, -0.2) is 36.3 Å². The van der Waals surface area contributed by atoms with Crippen molar-refractivity contribution in [2.24, 2.45) is 0 Å². The minimum absolute atomic E-state index is 0.0980. The van der Waals surface area contributed by atoms with E-state index in [1.54, 1.807) is 11.9 Å². The van der Waals surface area contributed by atoms with Crippen molar-refractivity contribution in [3.05, 3.63) is 29.8 Å². The van der Waals surface area contributed by atoms with Gasteiger partial charge in [0.15, 0.2) is 0 Å². The number of carbonyl (C=O) groups is 1. The van der Waals surface area contributed by atoms with E-state index in [0.29, 0.717) is 11.9 Å². The average molecular weight is 300 g/mol. The lowest BCUT2D eigenvalue weighted by molar-refractivity contribution is -0.127. The van der Waals surface area contributed by atoms with Gasteiger partial charge in [-0.3, -0.25) is 4.79 Å². The van der Waals surface area contributed by atoms with Gasteiger partial charge in [-0.05, 0) is 25.0 Å². The van der Waals surface area contributed by atoms with Crippen LogP contribution in [0.2, 0.25) is 0 Å². The van der Waals surface area contributed by atoms with Crippen LogP contribution < -0.4 is 4.74 Å². The van der Waals surface area contributed by atoms with Gasteiger partial charge >= 0.3 is 0 Å². The van der Waals surface area contributed by atoms with Gasteiger partial charge in [-0.25, -0.2) is 0 Å². The number of ether oxygens (including phenoxy) is 1. The van der Waals surface area contributed by atoms with Crippen molar-refractivity contribution in [3.63, 3.8) is 0 Å². The Bertz CT molecular complexity index is 368. The van der Waals surface area contributed by atoms with Crippen LogP contribution >= 0.6 is 15.9 Å². The zero-order chi connectivity index (χ0) is 12.7. The Morgan fingerprint density at radius 1 is 1.41 bits per heavy atom. The largest absolute Gasteiger partial charge is 0.493 e. The topological polar surface area (TPSA) is 29.5 Å². The Morgan fingerprint density at radius 2 is 2.12 bits per heavy atom. The number of alkyl halides is 1. The van der Waals surface area contributed by atoms with Crippen molar-refractivity contribution in [1.82, 2.24) is 4.90 Å². The third-order valence-corrected chi connectivity index (χ3v) is 3.01. The minimum atomic E-state index is 0.0980. The summed E-state index contributed by atoms with van der Waals surface area (Å²) in [6.45, 7) is 3.37. The molecule has 0 spiro atoms. The van der Waals surface area contributed by atoms with E-state index in [1.807, 2.05) is 31.2 Å². The van der Waals surface area contributed by atoms with E-state index < -0.39 is 0 Å². The predicted molar refractivity (Wildman–Crippen MR) is 72.7 cm³/mol. The molecule has 0 atom stereocenters. The van der Waals surface area contributed by atoms with Crippen molar-refractivity contribution < 1.29 is 9.53 Å². The number of benzene rings is 1. The van der Waals surface area contributed by atoms with Crippen molar-refractivity contribution in [1.29, 1.82) is 0 Å². The maximum absolute atomic E-state index is 11.3. The number of carbonyl (C=O) groups excluding carboxylic acids is 1. The number of rotatable bonds is 6. The Hall–Kier alpha value is -1.03. The van der Waals surface area contributed by atoms with E-state index in [4.69, 9.17) is 4.74 Å². The Morgan fingerprint density at radius 3 is 2.76 bits per heavy atom. The summed E-state index contributed by atoms with van der Waals surface area (Å²) in [5.41, 5.74) is 1.14. The van der Waals surface area contributed by atoms with Crippen LogP contribution in [0.1, 0.15) is 12.0 Å². The first-order valence-electron chi connectivity index (χ1n) is 5.63. The summed E-state index contributed by atoms with van der Waals surface area (Å²) in [6, 6.07) is 7.94. The Balaban J connectivity index is 2.25. The zero-order valence-corrected chi connectivity index (χ0v) is 11.9. The summed E-state index contributed by atoms with van der Waals surface area (Å²) in [7, 11) is 1.80. The molecular weight excluding hydrogens is 282 g/mol. The molecule has 4 heteroatoms. The van der Waals surface area contributed by atoms with Gasteiger partial charge in [0.05, 0.1) is 11.9 Å². The molecule has 0 aliphatic rings. The molecule has 0 fully saturated rings. The maximum atomic E-state index is 11.3. The standard InChI is InChI=1S/C13H18BrNO2/c1-11-6-3-4-7-12(11)17-9-5-8-15(2)13(16)10-14/h3-4,6-7H,5,8-10H2,1-2H3. The molecule has 1 amide bonds. The van der Waals surface area contributed by atoms with E-state index in [2.05, 4.69) is 15.9 Å². The molecule has 0 saturated heterocycles.